The number of aryl methyl sites for hydroxylation is 1. The summed E-state index contributed by atoms with van der Waals surface area (Å²) in [6.45, 7) is 1.87. The monoisotopic (exact) mass is 251 g/mol. The predicted octanol–water partition coefficient (Wildman–Crippen LogP) is 1.31. The van der Waals surface area contributed by atoms with Crippen molar-refractivity contribution >= 4 is 31.8 Å². The zero-order valence-corrected chi connectivity index (χ0v) is 9.54. The summed E-state index contributed by atoms with van der Waals surface area (Å²) < 4.78 is 0. The number of hydrogen-bond acceptors (Lipinski definition) is 1. The summed E-state index contributed by atoms with van der Waals surface area (Å²) in [5.74, 6) is -0.872. The second-order valence-corrected chi connectivity index (χ2v) is 2.17. The molecular weight excluding hydrogens is 243 g/mol. The summed E-state index contributed by atoms with van der Waals surface area (Å²) in [6.07, 6.45) is 0. The average Bonchev–Trinajstić information content (AvgIpc) is 1.88. The maximum Gasteiger partial charge on any atom is 0.335 e. The Kier molecular flexibility index (Phi) is 4.26. The first-order valence-electron chi connectivity index (χ1n) is 3.00. The molecule has 0 fully saturated rings. The van der Waals surface area contributed by atoms with Gasteiger partial charge in [-0.05, 0) is 19.1 Å². The van der Waals surface area contributed by atoms with Gasteiger partial charge in [0.1, 0.15) is 0 Å². The van der Waals surface area contributed by atoms with E-state index in [1.807, 2.05) is 13.0 Å². The molecule has 0 spiro atoms. The molecule has 0 atom stereocenters. The maximum absolute atomic E-state index is 10.4. The molecule has 11 heavy (non-hydrogen) atoms. The first-order chi connectivity index (χ1) is 4.70. The van der Waals surface area contributed by atoms with Gasteiger partial charge in [-0.25, -0.2) is 4.79 Å². The predicted molar refractivity (Wildman–Crippen MR) is 43.9 cm³/mol. The van der Waals surface area contributed by atoms with E-state index in [0.717, 1.165) is 5.56 Å². The summed E-state index contributed by atoms with van der Waals surface area (Å²) in [4.78, 5) is 10.4. The number of aromatic carboxylic acids is 1. The number of hydrogen-bond donors (Lipinski definition) is 1. The third-order valence-corrected chi connectivity index (χ3v) is 1.27. The number of carboxylic acids is 1. The molecule has 1 N–H and O–H groups in total. The fourth-order valence-corrected chi connectivity index (χ4v) is 0.778. The number of carbonyl (C=O) groups is 1. The molecule has 0 bridgehead atoms. The minimum absolute atomic E-state index is 0. The Hall–Kier alpha value is -0.440. The Bertz CT molecular complexity index is 258. The minimum atomic E-state index is -0.872. The van der Waals surface area contributed by atoms with Crippen LogP contribution < -0.4 is 0 Å². The van der Waals surface area contributed by atoms with E-state index in [1.54, 1.807) is 18.2 Å². The van der Waals surface area contributed by atoms with Gasteiger partial charge < -0.3 is 5.11 Å². The number of carboxylic acid groups (broad SMARTS) is 1. The van der Waals surface area contributed by atoms with Crippen molar-refractivity contribution in [3.63, 3.8) is 0 Å². The molecule has 0 saturated heterocycles. The van der Waals surface area contributed by atoms with Gasteiger partial charge in [0.05, 0.1) is 5.56 Å². The molecule has 0 amide bonds. The molecular formula is C8H8InO2. The van der Waals surface area contributed by atoms with Crippen LogP contribution in [0.2, 0.25) is 0 Å². The molecule has 0 saturated carbocycles. The van der Waals surface area contributed by atoms with Crippen molar-refractivity contribution in [2.45, 2.75) is 6.92 Å². The minimum Gasteiger partial charge on any atom is -0.478 e. The van der Waals surface area contributed by atoms with Crippen molar-refractivity contribution in [1.29, 1.82) is 0 Å². The standard InChI is InChI=1S/C8H8O2.In/c1-6-3-2-4-7(5-6)8(9)10;/h2-5H,1H3,(H,9,10);. The molecule has 0 aliphatic carbocycles. The van der Waals surface area contributed by atoms with E-state index in [9.17, 15) is 4.79 Å². The second kappa shape index (κ2) is 4.44. The van der Waals surface area contributed by atoms with Crippen LogP contribution in [-0.4, -0.2) is 36.9 Å². The van der Waals surface area contributed by atoms with Crippen molar-refractivity contribution in [2.24, 2.45) is 0 Å². The Labute approximate surface area is 84.0 Å². The molecule has 1 rings (SSSR count). The first-order valence-corrected chi connectivity index (χ1v) is 3.00. The van der Waals surface area contributed by atoms with Crippen LogP contribution in [0.5, 0.6) is 0 Å². The van der Waals surface area contributed by atoms with E-state index in [1.165, 1.54) is 0 Å². The summed E-state index contributed by atoms with van der Waals surface area (Å²) in [5.41, 5.74) is 1.32. The number of rotatable bonds is 1. The molecule has 2 nitrogen and oxygen atoms in total. The molecule has 55 valence electrons. The van der Waals surface area contributed by atoms with Crippen molar-refractivity contribution in [2.75, 3.05) is 0 Å². The Balaban J connectivity index is 0.000001000. The fraction of sp³-hybridized carbons (Fsp3) is 0.125. The van der Waals surface area contributed by atoms with Crippen LogP contribution in [0.3, 0.4) is 0 Å². The zero-order valence-electron chi connectivity index (χ0n) is 6.24. The molecule has 0 aliphatic heterocycles. The van der Waals surface area contributed by atoms with Gasteiger partial charge in [0.25, 0.3) is 0 Å². The SMILES string of the molecule is Cc1cccc(C(=O)O)c1.[In]. The van der Waals surface area contributed by atoms with Gasteiger partial charge in [-0.2, -0.15) is 0 Å². The summed E-state index contributed by atoms with van der Waals surface area (Å²) in [6, 6.07) is 6.82. The Morgan fingerprint density at radius 1 is 1.45 bits per heavy atom. The van der Waals surface area contributed by atoms with E-state index >= 15 is 0 Å². The van der Waals surface area contributed by atoms with Gasteiger partial charge in [-0.1, -0.05) is 17.7 Å². The van der Waals surface area contributed by atoms with E-state index < -0.39 is 5.97 Å². The van der Waals surface area contributed by atoms with Crippen LogP contribution in [0.1, 0.15) is 15.9 Å². The van der Waals surface area contributed by atoms with Crippen molar-refractivity contribution < 1.29 is 9.90 Å². The van der Waals surface area contributed by atoms with E-state index in [4.69, 9.17) is 5.11 Å². The van der Waals surface area contributed by atoms with E-state index in [-0.39, 0.29) is 25.8 Å². The van der Waals surface area contributed by atoms with E-state index in [0.29, 0.717) is 5.56 Å². The van der Waals surface area contributed by atoms with Crippen LogP contribution in [-0.2, 0) is 0 Å². The van der Waals surface area contributed by atoms with E-state index in [2.05, 4.69) is 0 Å². The van der Waals surface area contributed by atoms with Gasteiger partial charge >= 0.3 is 5.97 Å². The van der Waals surface area contributed by atoms with Crippen LogP contribution in [0.15, 0.2) is 24.3 Å². The summed E-state index contributed by atoms with van der Waals surface area (Å²) in [5, 5.41) is 8.51. The summed E-state index contributed by atoms with van der Waals surface area (Å²) >= 11 is 0. The summed E-state index contributed by atoms with van der Waals surface area (Å²) in [7, 11) is 0. The van der Waals surface area contributed by atoms with Crippen LogP contribution in [0.25, 0.3) is 0 Å². The fourth-order valence-electron chi connectivity index (χ4n) is 0.778. The molecule has 1 aromatic rings. The quantitative estimate of drug-likeness (QED) is 0.817. The van der Waals surface area contributed by atoms with Crippen LogP contribution >= 0.6 is 0 Å². The van der Waals surface area contributed by atoms with Gasteiger partial charge in [0.15, 0.2) is 0 Å². The third kappa shape index (κ3) is 2.97. The van der Waals surface area contributed by atoms with Gasteiger partial charge in [0, 0.05) is 25.8 Å². The first kappa shape index (κ1) is 10.6. The van der Waals surface area contributed by atoms with Gasteiger partial charge in [-0.3, -0.25) is 0 Å². The Morgan fingerprint density at radius 3 is 2.45 bits per heavy atom. The molecule has 0 aromatic heterocycles. The van der Waals surface area contributed by atoms with Crippen molar-refractivity contribution in [3.8, 4) is 0 Å². The van der Waals surface area contributed by atoms with Crippen LogP contribution in [0, 0.1) is 6.92 Å². The molecule has 3 heteroatoms. The normalized spacial score (nSPS) is 8.45. The smallest absolute Gasteiger partial charge is 0.335 e. The van der Waals surface area contributed by atoms with Gasteiger partial charge in [-0.15, -0.1) is 0 Å². The average molecular weight is 251 g/mol. The second-order valence-electron chi connectivity index (χ2n) is 2.17. The van der Waals surface area contributed by atoms with Gasteiger partial charge in [0.2, 0.25) is 0 Å². The molecule has 0 heterocycles. The maximum atomic E-state index is 10.4. The van der Waals surface area contributed by atoms with Crippen molar-refractivity contribution in [3.05, 3.63) is 35.4 Å². The molecule has 0 aliphatic rings. The molecule has 1 aromatic carbocycles. The third-order valence-electron chi connectivity index (χ3n) is 1.27. The van der Waals surface area contributed by atoms with Crippen LogP contribution in [0.4, 0.5) is 0 Å². The molecule has 3 radical (unpaired) electrons. The zero-order chi connectivity index (χ0) is 7.56. The number of benzene rings is 1. The largest absolute Gasteiger partial charge is 0.478 e. The Morgan fingerprint density at radius 2 is 2.09 bits per heavy atom. The molecule has 0 unspecified atom stereocenters. The van der Waals surface area contributed by atoms with Crippen molar-refractivity contribution in [1.82, 2.24) is 0 Å². The topological polar surface area (TPSA) is 37.3 Å².